The number of nitrogens with zero attached hydrogens (tertiary/aromatic N) is 1. The van der Waals surface area contributed by atoms with E-state index in [-0.39, 0.29) is 12.2 Å². The Morgan fingerprint density at radius 3 is 1.83 bits per heavy atom. The van der Waals surface area contributed by atoms with Gasteiger partial charge in [0.15, 0.2) is 6.29 Å². The molecule has 0 rings (SSSR count). The minimum absolute atomic E-state index is 0.139. The summed E-state index contributed by atoms with van der Waals surface area (Å²) in [6.07, 6.45) is 10.8. The topological polar surface area (TPSA) is 42.2 Å². The van der Waals surface area contributed by atoms with Crippen LogP contribution in [-0.4, -0.2) is 20.5 Å². The van der Waals surface area contributed by atoms with Gasteiger partial charge in [-0.3, -0.25) is 0 Å². The molecular formula is C15H29NO2. The first-order chi connectivity index (χ1) is 8.79. The Morgan fingerprint density at radius 1 is 0.889 bits per heavy atom. The van der Waals surface area contributed by atoms with Gasteiger partial charge in [-0.2, -0.15) is 5.26 Å². The van der Waals surface area contributed by atoms with Gasteiger partial charge >= 0.3 is 0 Å². The van der Waals surface area contributed by atoms with E-state index < -0.39 is 0 Å². The second-order valence-electron chi connectivity index (χ2n) is 4.84. The number of nitriles is 1. The maximum absolute atomic E-state index is 9.05. The van der Waals surface area contributed by atoms with Crippen LogP contribution in [-0.2, 0) is 9.47 Å². The Balaban J connectivity index is 3.49. The molecular weight excluding hydrogens is 226 g/mol. The molecule has 0 bridgehead atoms. The van der Waals surface area contributed by atoms with E-state index in [1.165, 1.54) is 44.9 Å². The molecule has 0 saturated carbocycles. The highest BCUT2D eigenvalue weighted by atomic mass is 16.7. The van der Waals surface area contributed by atoms with E-state index in [2.05, 4.69) is 13.0 Å². The molecule has 0 aromatic carbocycles. The van der Waals surface area contributed by atoms with E-state index in [4.69, 9.17) is 14.7 Å². The van der Waals surface area contributed by atoms with Crippen LogP contribution in [0.5, 0.6) is 0 Å². The van der Waals surface area contributed by atoms with Crippen molar-refractivity contribution in [2.45, 2.75) is 71.0 Å². The fraction of sp³-hybridized carbons (Fsp3) is 0.933. The third kappa shape index (κ3) is 8.49. The number of methoxy groups -OCH3 is 2. The Morgan fingerprint density at radius 2 is 1.39 bits per heavy atom. The van der Waals surface area contributed by atoms with Crippen LogP contribution in [0.4, 0.5) is 0 Å². The van der Waals surface area contributed by atoms with E-state index >= 15 is 0 Å². The highest BCUT2D eigenvalue weighted by Gasteiger charge is 2.19. The maximum Gasteiger partial charge on any atom is 0.172 e. The van der Waals surface area contributed by atoms with Crippen LogP contribution in [0.15, 0.2) is 0 Å². The van der Waals surface area contributed by atoms with Gasteiger partial charge in [-0.05, 0) is 6.42 Å². The van der Waals surface area contributed by atoms with Crippen LogP contribution in [0.3, 0.4) is 0 Å². The zero-order valence-corrected chi connectivity index (χ0v) is 12.3. The molecule has 0 aromatic rings. The third-order valence-corrected chi connectivity index (χ3v) is 3.33. The van der Waals surface area contributed by atoms with Crippen molar-refractivity contribution in [3.8, 4) is 6.07 Å². The third-order valence-electron chi connectivity index (χ3n) is 3.33. The summed E-state index contributed by atoms with van der Waals surface area (Å²) in [6.45, 7) is 2.24. The molecule has 18 heavy (non-hydrogen) atoms. The van der Waals surface area contributed by atoms with E-state index in [1.54, 1.807) is 14.2 Å². The van der Waals surface area contributed by atoms with Crippen molar-refractivity contribution in [3.05, 3.63) is 0 Å². The zero-order valence-electron chi connectivity index (χ0n) is 12.3. The molecule has 1 atom stereocenters. The average Bonchev–Trinajstić information content (AvgIpc) is 2.40. The van der Waals surface area contributed by atoms with Gasteiger partial charge in [0, 0.05) is 14.2 Å². The monoisotopic (exact) mass is 255 g/mol. The largest absolute Gasteiger partial charge is 0.355 e. The Labute approximate surface area is 112 Å². The highest BCUT2D eigenvalue weighted by molar-refractivity contribution is 4.85. The summed E-state index contributed by atoms with van der Waals surface area (Å²) in [4.78, 5) is 0. The summed E-state index contributed by atoms with van der Waals surface area (Å²) < 4.78 is 10.3. The van der Waals surface area contributed by atoms with Crippen molar-refractivity contribution < 1.29 is 9.47 Å². The van der Waals surface area contributed by atoms with Gasteiger partial charge in [-0.1, -0.05) is 58.3 Å². The van der Waals surface area contributed by atoms with E-state index in [1.807, 2.05) is 0 Å². The van der Waals surface area contributed by atoms with Gasteiger partial charge in [-0.25, -0.2) is 0 Å². The lowest BCUT2D eigenvalue weighted by Crippen LogP contribution is -2.23. The van der Waals surface area contributed by atoms with E-state index in [9.17, 15) is 0 Å². The summed E-state index contributed by atoms with van der Waals surface area (Å²) in [5, 5.41) is 9.05. The molecule has 0 radical (unpaired) electrons. The van der Waals surface area contributed by atoms with E-state index in [0.29, 0.717) is 0 Å². The second-order valence-corrected chi connectivity index (χ2v) is 4.84. The number of unbranched alkanes of at least 4 members (excludes halogenated alkanes) is 7. The smallest absolute Gasteiger partial charge is 0.172 e. The zero-order chi connectivity index (χ0) is 13.6. The molecule has 0 aliphatic carbocycles. The minimum Gasteiger partial charge on any atom is -0.355 e. The molecule has 0 N–H and O–H groups in total. The number of hydrogen-bond acceptors (Lipinski definition) is 3. The summed E-state index contributed by atoms with van der Waals surface area (Å²) in [7, 11) is 3.18. The lowest BCUT2D eigenvalue weighted by molar-refractivity contribution is -0.126. The van der Waals surface area contributed by atoms with Gasteiger partial charge in [0.25, 0.3) is 0 Å². The first-order valence-electron chi connectivity index (χ1n) is 7.25. The Hall–Kier alpha value is -0.590. The van der Waals surface area contributed by atoms with Crippen molar-refractivity contribution in [2.24, 2.45) is 5.92 Å². The highest BCUT2D eigenvalue weighted by Crippen LogP contribution is 2.17. The van der Waals surface area contributed by atoms with Gasteiger partial charge in [0.1, 0.15) is 0 Å². The SMILES string of the molecule is CCCCCCCCCCC(C#N)C(OC)OC. The van der Waals surface area contributed by atoms with Crippen molar-refractivity contribution in [1.82, 2.24) is 0 Å². The molecule has 0 aliphatic heterocycles. The van der Waals surface area contributed by atoms with E-state index in [0.717, 1.165) is 12.8 Å². The molecule has 0 aliphatic rings. The predicted molar refractivity (Wildman–Crippen MR) is 74.1 cm³/mol. The molecule has 0 heterocycles. The quantitative estimate of drug-likeness (QED) is 0.386. The van der Waals surface area contributed by atoms with Gasteiger partial charge in [0.05, 0.1) is 12.0 Å². The lowest BCUT2D eigenvalue weighted by atomic mass is 10.0. The number of ether oxygens (including phenoxy) is 2. The molecule has 0 spiro atoms. The molecule has 0 amide bonds. The predicted octanol–water partition coefficient (Wildman–Crippen LogP) is 4.28. The van der Waals surface area contributed by atoms with Gasteiger partial charge < -0.3 is 9.47 Å². The average molecular weight is 255 g/mol. The standard InChI is InChI=1S/C15H29NO2/c1-4-5-6-7-8-9-10-11-12-14(13-16)15(17-2)18-3/h14-15H,4-12H2,1-3H3. The lowest BCUT2D eigenvalue weighted by Gasteiger charge is -2.18. The summed E-state index contributed by atoms with van der Waals surface area (Å²) >= 11 is 0. The molecule has 0 saturated heterocycles. The summed E-state index contributed by atoms with van der Waals surface area (Å²) in [5.41, 5.74) is 0. The molecule has 3 heteroatoms. The minimum atomic E-state index is -0.375. The fourth-order valence-corrected chi connectivity index (χ4v) is 2.18. The second kappa shape index (κ2) is 12.9. The number of rotatable bonds is 12. The molecule has 0 aromatic heterocycles. The summed E-state index contributed by atoms with van der Waals surface area (Å²) in [5.74, 6) is -0.139. The number of hydrogen-bond donors (Lipinski definition) is 0. The van der Waals surface area contributed by atoms with Crippen LogP contribution in [0, 0.1) is 17.2 Å². The first kappa shape index (κ1) is 17.4. The molecule has 0 fully saturated rings. The van der Waals surface area contributed by atoms with Crippen LogP contribution >= 0.6 is 0 Å². The first-order valence-corrected chi connectivity index (χ1v) is 7.25. The maximum atomic E-state index is 9.05. The van der Waals surface area contributed by atoms with Crippen LogP contribution in [0.25, 0.3) is 0 Å². The van der Waals surface area contributed by atoms with Crippen molar-refractivity contribution in [2.75, 3.05) is 14.2 Å². The molecule has 3 nitrogen and oxygen atoms in total. The van der Waals surface area contributed by atoms with Gasteiger partial charge in [-0.15, -0.1) is 0 Å². The van der Waals surface area contributed by atoms with Crippen LogP contribution in [0.1, 0.15) is 64.7 Å². The van der Waals surface area contributed by atoms with Crippen LogP contribution in [0.2, 0.25) is 0 Å². The fourth-order valence-electron chi connectivity index (χ4n) is 2.18. The Kier molecular flexibility index (Phi) is 12.4. The van der Waals surface area contributed by atoms with Crippen molar-refractivity contribution in [1.29, 1.82) is 5.26 Å². The van der Waals surface area contributed by atoms with Gasteiger partial charge in [0.2, 0.25) is 0 Å². The Bertz CT molecular complexity index is 209. The molecule has 106 valence electrons. The van der Waals surface area contributed by atoms with Crippen LogP contribution < -0.4 is 0 Å². The normalized spacial score (nSPS) is 12.6. The van der Waals surface area contributed by atoms with Crippen molar-refractivity contribution >= 4 is 0 Å². The van der Waals surface area contributed by atoms with Crippen molar-refractivity contribution in [3.63, 3.8) is 0 Å². The summed E-state index contributed by atoms with van der Waals surface area (Å²) in [6, 6.07) is 2.27. The molecule has 1 unspecified atom stereocenters.